The van der Waals surface area contributed by atoms with E-state index in [1.54, 1.807) is 24.3 Å². The van der Waals surface area contributed by atoms with Gasteiger partial charge in [-0.3, -0.25) is 4.79 Å². The van der Waals surface area contributed by atoms with Crippen molar-refractivity contribution in [2.45, 2.75) is 55.4 Å². The van der Waals surface area contributed by atoms with Crippen molar-refractivity contribution in [1.82, 2.24) is 9.21 Å². The van der Waals surface area contributed by atoms with E-state index in [9.17, 15) is 18.3 Å². The van der Waals surface area contributed by atoms with Crippen molar-refractivity contribution >= 4 is 31.9 Å². The summed E-state index contributed by atoms with van der Waals surface area (Å²) in [6.45, 7) is 1.50. The lowest BCUT2D eigenvalue weighted by Gasteiger charge is -2.60. The van der Waals surface area contributed by atoms with E-state index in [4.69, 9.17) is 0 Å². The molecule has 4 aliphatic carbocycles. The van der Waals surface area contributed by atoms with Crippen molar-refractivity contribution in [3.63, 3.8) is 0 Å². The lowest BCUT2D eigenvalue weighted by Crippen LogP contribution is -2.57. The maximum absolute atomic E-state index is 13.1. The lowest BCUT2D eigenvalue weighted by molar-refractivity contribution is -0.172. The van der Waals surface area contributed by atoms with Gasteiger partial charge in [0.2, 0.25) is 15.9 Å². The minimum absolute atomic E-state index is 0.0462. The molecule has 1 heterocycles. The quantitative estimate of drug-likeness (QED) is 0.694. The van der Waals surface area contributed by atoms with E-state index < -0.39 is 15.6 Å². The van der Waals surface area contributed by atoms with E-state index in [0.29, 0.717) is 44.4 Å². The molecule has 0 spiro atoms. The molecule has 4 bridgehead atoms. The van der Waals surface area contributed by atoms with Gasteiger partial charge in [0.25, 0.3) is 0 Å². The zero-order chi connectivity index (χ0) is 21.1. The Hall–Kier alpha value is -0.960. The highest BCUT2D eigenvalue weighted by Gasteiger charge is 2.57. The van der Waals surface area contributed by atoms with E-state index in [1.807, 2.05) is 4.90 Å². The van der Waals surface area contributed by atoms with Crippen LogP contribution in [0.2, 0.25) is 0 Å². The Morgan fingerprint density at radius 2 is 1.77 bits per heavy atom. The van der Waals surface area contributed by atoms with Crippen molar-refractivity contribution in [2.24, 2.45) is 17.3 Å². The Kier molecular flexibility index (Phi) is 5.08. The topological polar surface area (TPSA) is 77.9 Å². The number of halogens is 1. The fraction of sp³-hybridized carbons (Fsp3) is 0.682. The van der Waals surface area contributed by atoms with Crippen LogP contribution in [0.5, 0.6) is 0 Å². The average Bonchev–Trinajstić information content (AvgIpc) is 2.66. The molecule has 164 valence electrons. The van der Waals surface area contributed by atoms with E-state index >= 15 is 0 Å². The standard InChI is InChI=1S/C22H29BrN2O4S/c23-18-2-1-3-19(9-18)30(28,29)25-6-4-24(5-7-25)20(26)14-21-10-16-8-17(11-21)13-22(27,12-16)15-21/h1-3,9,16-17,27H,4-8,10-15H2/t16-,17-,21?,22?/m1/s1. The minimum atomic E-state index is -3.55. The molecule has 1 aromatic carbocycles. The van der Waals surface area contributed by atoms with Crippen LogP contribution >= 0.6 is 15.9 Å². The summed E-state index contributed by atoms with van der Waals surface area (Å²) in [6.07, 6.45) is 6.42. The summed E-state index contributed by atoms with van der Waals surface area (Å²) in [7, 11) is -3.55. The number of carbonyl (C=O) groups is 1. The van der Waals surface area contributed by atoms with Gasteiger partial charge in [0.05, 0.1) is 10.5 Å². The molecule has 0 aromatic heterocycles. The Morgan fingerprint density at radius 1 is 1.10 bits per heavy atom. The van der Waals surface area contributed by atoms with E-state index in [0.717, 1.165) is 36.6 Å². The van der Waals surface area contributed by atoms with Gasteiger partial charge in [-0.1, -0.05) is 22.0 Å². The van der Waals surface area contributed by atoms with Gasteiger partial charge in [0.1, 0.15) is 0 Å². The molecular weight excluding hydrogens is 468 g/mol. The number of aliphatic hydroxyl groups is 1. The molecule has 6 nitrogen and oxygen atoms in total. The molecule has 30 heavy (non-hydrogen) atoms. The first-order valence-electron chi connectivity index (χ1n) is 10.9. The van der Waals surface area contributed by atoms with E-state index in [-0.39, 0.29) is 16.2 Å². The van der Waals surface area contributed by atoms with Crippen LogP contribution in [0.4, 0.5) is 0 Å². The first kappa shape index (κ1) is 20.9. The summed E-state index contributed by atoms with van der Waals surface area (Å²) in [5, 5.41) is 10.9. The maximum Gasteiger partial charge on any atom is 0.243 e. The van der Waals surface area contributed by atoms with Crippen LogP contribution < -0.4 is 0 Å². The summed E-state index contributed by atoms with van der Waals surface area (Å²) >= 11 is 3.33. The van der Waals surface area contributed by atoms with Gasteiger partial charge < -0.3 is 10.0 Å². The number of rotatable bonds is 4. The fourth-order valence-corrected chi connectivity index (χ4v) is 9.02. The second-order valence-corrected chi connectivity index (χ2v) is 13.0. The van der Waals surface area contributed by atoms with Crippen molar-refractivity contribution in [2.75, 3.05) is 26.2 Å². The number of amides is 1. The highest BCUT2D eigenvalue weighted by Crippen LogP contribution is 2.62. The molecule has 8 heteroatoms. The smallest absolute Gasteiger partial charge is 0.243 e. The number of benzene rings is 1. The summed E-state index contributed by atoms with van der Waals surface area (Å²) in [4.78, 5) is 15.2. The molecule has 0 unspecified atom stereocenters. The Morgan fingerprint density at radius 3 is 2.37 bits per heavy atom. The van der Waals surface area contributed by atoms with E-state index in [2.05, 4.69) is 15.9 Å². The minimum Gasteiger partial charge on any atom is -0.390 e. The molecule has 1 N–H and O–H groups in total. The molecule has 1 saturated heterocycles. The van der Waals surface area contributed by atoms with Crippen molar-refractivity contribution in [1.29, 1.82) is 0 Å². The van der Waals surface area contributed by atoms with Crippen molar-refractivity contribution in [3.05, 3.63) is 28.7 Å². The zero-order valence-corrected chi connectivity index (χ0v) is 19.5. The second kappa shape index (κ2) is 7.29. The van der Waals surface area contributed by atoms with Gasteiger partial charge in [0, 0.05) is 37.1 Å². The van der Waals surface area contributed by atoms with Crippen LogP contribution in [0.25, 0.3) is 0 Å². The Bertz CT molecular complexity index is 944. The molecule has 4 saturated carbocycles. The predicted octanol–water partition coefficient (Wildman–Crippen LogP) is 3.00. The first-order valence-corrected chi connectivity index (χ1v) is 13.2. The molecule has 6 rings (SSSR count). The van der Waals surface area contributed by atoms with Crippen LogP contribution in [0.3, 0.4) is 0 Å². The number of hydrogen-bond donors (Lipinski definition) is 1. The normalized spacial score (nSPS) is 36.3. The van der Waals surface area contributed by atoms with Gasteiger partial charge in [-0.25, -0.2) is 8.42 Å². The van der Waals surface area contributed by atoms with Gasteiger partial charge in [-0.15, -0.1) is 0 Å². The van der Waals surface area contributed by atoms with Gasteiger partial charge in [-0.05, 0) is 74.0 Å². The Balaban J connectivity index is 1.23. The molecule has 1 aromatic rings. The maximum atomic E-state index is 13.1. The molecule has 1 aliphatic heterocycles. The van der Waals surface area contributed by atoms with Crippen LogP contribution in [0.1, 0.15) is 44.9 Å². The van der Waals surface area contributed by atoms with Crippen molar-refractivity contribution < 1.29 is 18.3 Å². The highest BCUT2D eigenvalue weighted by atomic mass is 79.9. The van der Waals surface area contributed by atoms with Crippen molar-refractivity contribution in [3.8, 4) is 0 Å². The monoisotopic (exact) mass is 496 g/mol. The van der Waals surface area contributed by atoms with Crippen LogP contribution in [-0.4, -0.2) is 60.4 Å². The highest BCUT2D eigenvalue weighted by molar-refractivity contribution is 9.10. The summed E-state index contributed by atoms with van der Waals surface area (Å²) < 4.78 is 28.1. The van der Waals surface area contributed by atoms with Crippen LogP contribution in [0.15, 0.2) is 33.6 Å². The average molecular weight is 497 g/mol. The van der Waals surface area contributed by atoms with Gasteiger partial charge in [-0.2, -0.15) is 4.31 Å². The number of sulfonamides is 1. The third-order valence-corrected chi connectivity index (χ3v) is 10.1. The molecule has 5 aliphatic rings. The van der Waals surface area contributed by atoms with Gasteiger partial charge in [0.15, 0.2) is 0 Å². The third kappa shape index (κ3) is 3.74. The molecule has 0 radical (unpaired) electrons. The molecule has 2 atom stereocenters. The van der Waals surface area contributed by atoms with E-state index in [1.165, 1.54) is 10.7 Å². The second-order valence-electron chi connectivity index (χ2n) is 10.1. The van der Waals surface area contributed by atoms with Crippen LogP contribution in [0, 0.1) is 17.3 Å². The molecule has 5 fully saturated rings. The zero-order valence-electron chi connectivity index (χ0n) is 17.1. The number of nitrogens with zero attached hydrogens (tertiary/aromatic N) is 2. The third-order valence-electron chi connectivity index (χ3n) is 7.70. The number of hydrogen-bond acceptors (Lipinski definition) is 4. The Labute approximate surface area is 186 Å². The van der Waals surface area contributed by atoms with Gasteiger partial charge >= 0.3 is 0 Å². The molecular formula is C22H29BrN2O4S. The first-order chi connectivity index (χ1) is 14.2. The number of piperazine rings is 1. The largest absolute Gasteiger partial charge is 0.390 e. The lowest BCUT2D eigenvalue weighted by atomic mass is 9.47. The summed E-state index contributed by atoms with van der Waals surface area (Å²) in [6, 6.07) is 6.74. The summed E-state index contributed by atoms with van der Waals surface area (Å²) in [5.74, 6) is 1.26. The SMILES string of the molecule is O=C(CC12C[C@H]3C[C@@H](CC(O)(C3)C1)C2)N1CCN(S(=O)(=O)c2cccc(Br)c2)CC1. The fourth-order valence-electron chi connectivity index (χ4n) is 7.00. The van der Waals surface area contributed by atoms with Crippen LogP contribution in [-0.2, 0) is 14.8 Å². The predicted molar refractivity (Wildman–Crippen MR) is 116 cm³/mol. The summed E-state index contributed by atoms with van der Waals surface area (Å²) in [5.41, 5.74) is -0.601. The molecule has 1 amide bonds. The number of carbonyl (C=O) groups excluding carboxylic acids is 1.